The first-order valence-electron chi connectivity index (χ1n) is 6.24. The molecule has 0 aliphatic rings. The van der Waals surface area contributed by atoms with E-state index in [0.29, 0.717) is 11.4 Å². The Hall–Kier alpha value is -2.41. The van der Waals surface area contributed by atoms with Gasteiger partial charge in [0.05, 0.1) is 17.1 Å². The van der Waals surface area contributed by atoms with Gasteiger partial charge in [-0.25, -0.2) is 4.79 Å². The Morgan fingerprint density at radius 3 is 2.90 bits per heavy atom. The van der Waals surface area contributed by atoms with Crippen molar-refractivity contribution in [3.63, 3.8) is 0 Å². The van der Waals surface area contributed by atoms with Gasteiger partial charge in [-0.15, -0.1) is 11.3 Å². The number of carboxylic acids is 1. The van der Waals surface area contributed by atoms with E-state index in [-0.39, 0.29) is 5.91 Å². The number of amides is 1. The molecule has 2 rings (SSSR count). The molecule has 0 atom stereocenters. The van der Waals surface area contributed by atoms with Crippen LogP contribution in [0, 0.1) is 6.92 Å². The lowest BCUT2D eigenvalue weighted by molar-refractivity contribution is -0.131. The Bertz CT molecular complexity index is 700. The molecule has 0 unspecified atom stereocenters. The maximum Gasteiger partial charge on any atom is 0.328 e. The molecule has 0 fully saturated rings. The molecule has 0 bridgehead atoms. The SMILES string of the molecule is Cc1cc(C(=O)NCc2ccnn2C)sc1/C=C/C(=O)O. The molecule has 0 aliphatic heterocycles. The van der Waals surface area contributed by atoms with Crippen LogP contribution in [-0.2, 0) is 18.4 Å². The number of nitrogens with one attached hydrogen (secondary N) is 1. The van der Waals surface area contributed by atoms with Crippen LogP contribution in [0.4, 0.5) is 0 Å². The summed E-state index contributed by atoms with van der Waals surface area (Å²) in [7, 11) is 1.81. The fraction of sp³-hybridized carbons (Fsp3) is 0.214. The second kappa shape index (κ2) is 6.36. The molecule has 21 heavy (non-hydrogen) atoms. The number of rotatable bonds is 5. The number of carboxylic acid groups (broad SMARTS) is 1. The van der Waals surface area contributed by atoms with Gasteiger partial charge in [-0.2, -0.15) is 5.10 Å². The topological polar surface area (TPSA) is 84.2 Å². The summed E-state index contributed by atoms with van der Waals surface area (Å²) in [6.07, 6.45) is 4.24. The van der Waals surface area contributed by atoms with E-state index in [0.717, 1.165) is 22.2 Å². The van der Waals surface area contributed by atoms with Gasteiger partial charge in [-0.1, -0.05) is 0 Å². The lowest BCUT2D eigenvalue weighted by Crippen LogP contribution is -2.23. The first-order chi connectivity index (χ1) is 9.97. The highest BCUT2D eigenvalue weighted by Gasteiger charge is 2.11. The van der Waals surface area contributed by atoms with E-state index in [2.05, 4.69) is 10.4 Å². The van der Waals surface area contributed by atoms with Gasteiger partial charge < -0.3 is 10.4 Å². The Labute approximate surface area is 125 Å². The van der Waals surface area contributed by atoms with Crippen LogP contribution >= 0.6 is 11.3 Å². The predicted molar refractivity (Wildman–Crippen MR) is 80.1 cm³/mol. The Morgan fingerprint density at radius 1 is 1.52 bits per heavy atom. The molecule has 0 saturated carbocycles. The van der Waals surface area contributed by atoms with Gasteiger partial charge in [-0.05, 0) is 30.7 Å². The summed E-state index contributed by atoms with van der Waals surface area (Å²) in [5.74, 6) is -1.19. The van der Waals surface area contributed by atoms with Crippen LogP contribution in [0.3, 0.4) is 0 Å². The average molecular weight is 305 g/mol. The molecule has 2 N–H and O–H groups in total. The van der Waals surface area contributed by atoms with Crippen molar-refractivity contribution in [1.82, 2.24) is 15.1 Å². The standard InChI is InChI=1S/C14H15N3O3S/c1-9-7-12(21-11(9)3-4-13(18)19)14(20)15-8-10-5-6-16-17(10)2/h3-7H,8H2,1-2H3,(H,15,20)(H,18,19)/b4-3+. The molecule has 7 heteroatoms. The van der Waals surface area contributed by atoms with E-state index in [4.69, 9.17) is 5.11 Å². The van der Waals surface area contributed by atoms with Crippen LogP contribution < -0.4 is 5.32 Å². The summed E-state index contributed by atoms with van der Waals surface area (Å²) < 4.78 is 1.70. The van der Waals surface area contributed by atoms with Crippen LogP contribution in [0.15, 0.2) is 24.4 Å². The minimum atomic E-state index is -1.01. The first-order valence-corrected chi connectivity index (χ1v) is 7.05. The van der Waals surface area contributed by atoms with Crippen LogP contribution in [0.5, 0.6) is 0 Å². The molecule has 0 radical (unpaired) electrons. The second-order valence-electron chi connectivity index (χ2n) is 4.46. The highest BCUT2D eigenvalue weighted by molar-refractivity contribution is 7.15. The van der Waals surface area contributed by atoms with Crippen molar-refractivity contribution in [1.29, 1.82) is 0 Å². The van der Waals surface area contributed by atoms with Gasteiger partial charge in [0.2, 0.25) is 0 Å². The molecule has 0 aliphatic carbocycles. The normalized spacial score (nSPS) is 11.0. The van der Waals surface area contributed by atoms with Gasteiger partial charge in [0.25, 0.3) is 5.91 Å². The molecule has 0 spiro atoms. The van der Waals surface area contributed by atoms with E-state index < -0.39 is 5.97 Å². The highest BCUT2D eigenvalue weighted by atomic mass is 32.1. The molecule has 110 valence electrons. The highest BCUT2D eigenvalue weighted by Crippen LogP contribution is 2.23. The van der Waals surface area contributed by atoms with Crippen LogP contribution in [-0.4, -0.2) is 26.8 Å². The first kappa shape index (κ1) is 15.0. The van der Waals surface area contributed by atoms with Gasteiger partial charge in [-0.3, -0.25) is 9.48 Å². The number of aliphatic carboxylic acids is 1. The lowest BCUT2D eigenvalue weighted by atomic mass is 10.2. The van der Waals surface area contributed by atoms with E-state index in [1.807, 2.05) is 20.0 Å². The number of carbonyl (C=O) groups is 2. The fourth-order valence-electron chi connectivity index (χ4n) is 1.75. The van der Waals surface area contributed by atoms with Crippen molar-refractivity contribution in [3.8, 4) is 0 Å². The molecule has 2 heterocycles. The number of thiophene rings is 1. The summed E-state index contributed by atoms with van der Waals surface area (Å²) in [5, 5.41) is 15.5. The molecule has 2 aromatic heterocycles. The van der Waals surface area contributed by atoms with Gasteiger partial charge in [0, 0.05) is 24.2 Å². The van der Waals surface area contributed by atoms with E-state index >= 15 is 0 Å². The van der Waals surface area contributed by atoms with Crippen molar-refractivity contribution >= 4 is 29.3 Å². The number of nitrogens with zero attached hydrogens (tertiary/aromatic N) is 2. The molecule has 0 aromatic carbocycles. The number of hydrogen-bond acceptors (Lipinski definition) is 4. The van der Waals surface area contributed by atoms with Crippen molar-refractivity contribution in [3.05, 3.63) is 45.4 Å². The quantitative estimate of drug-likeness (QED) is 0.825. The van der Waals surface area contributed by atoms with Crippen molar-refractivity contribution in [2.24, 2.45) is 7.05 Å². The summed E-state index contributed by atoms with van der Waals surface area (Å²) in [6, 6.07) is 3.59. The Kier molecular flexibility index (Phi) is 4.54. The third kappa shape index (κ3) is 3.79. The van der Waals surface area contributed by atoms with E-state index in [1.165, 1.54) is 17.4 Å². The van der Waals surface area contributed by atoms with E-state index in [1.54, 1.807) is 16.9 Å². The predicted octanol–water partition coefficient (Wildman–Crippen LogP) is 1.82. The molecule has 6 nitrogen and oxygen atoms in total. The van der Waals surface area contributed by atoms with Gasteiger partial charge >= 0.3 is 5.97 Å². The Morgan fingerprint density at radius 2 is 2.29 bits per heavy atom. The largest absolute Gasteiger partial charge is 0.478 e. The smallest absolute Gasteiger partial charge is 0.328 e. The summed E-state index contributed by atoms with van der Waals surface area (Å²) in [6.45, 7) is 2.24. The maximum atomic E-state index is 12.1. The third-order valence-electron chi connectivity index (χ3n) is 2.91. The molecule has 1 amide bonds. The fourth-order valence-corrected chi connectivity index (χ4v) is 2.75. The maximum absolute atomic E-state index is 12.1. The summed E-state index contributed by atoms with van der Waals surface area (Å²) in [4.78, 5) is 23.9. The summed E-state index contributed by atoms with van der Waals surface area (Å²) >= 11 is 1.27. The van der Waals surface area contributed by atoms with Crippen LogP contribution in [0.25, 0.3) is 6.08 Å². The third-order valence-corrected chi connectivity index (χ3v) is 4.11. The second-order valence-corrected chi connectivity index (χ2v) is 5.54. The lowest BCUT2D eigenvalue weighted by Gasteiger charge is -2.03. The molecular formula is C14H15N3O3S. The minimum Gasteiger partial charge on any atom is -0.478 e. The van der Waals surface area contributed by atoms with Gasteiger partial charge in [0.1, 0.15) is 0 Å². The molecule has 0 saturated heterocycles. The van der Waals surface area contributed by atoms with E-state index in [9.17, 15) is 9.59 Å². The number of aryl methyl sites for hydroxylation is 2. The van der Waals surface area contributed by atoms with Crippen LogP contribution in [0.2, 0.25) is 0 Å². The Balaban J connectivity index is 2.04. The summed E-state index contributed by atoms with van der Waals surface area (Å²) in [5.41, 5.74) is 1.78. The van der Waals surface area contributed by atoms with Crippen molar-refractivity contribution < 1.29 is 14.7 Å². The number of hydrogen-bond donors (Lipinski definition) is 2. The zero-order chi connectivity index (χ0) is 15.4. The minimum absolute atomic E-state index is 0.181. The van der Waals surface area contributed by atoms with Crippen molar-refractivity contribution in [2.75, 3.05) is 0 Å². The monoisotopic (exact) mass is 305 g/mol. The molecular weight excluding hydrogens is 290 g/mol. The number of carbonyl (C=O) groups excluding carboxylic acids is 1. The zero-order valence-electron chi connectivity index (χ0n) is 11.7. The number of aromatic nitrogens is 2. The average Bonchev–Trinajstić information content (AvgIpc) is 3.00. The van der Waals surface area contributed by atoms with Gasteiger partial charge in [0.15, 0.2) is 0 Å². The molecule has 2 aromatic rings. The van der Waals surface area contributed by atoms with Crippen LogP contribution in [0.1, 0.15) is 25.8 Å². The van der Waals surface area contributed by atoms with Crippen molar-refractivity contribution in [2.45, 2.75) is 13.5 Å². The zero-order valence-corrected chi connectivity index (χ0v) is 12.5.